The van der Waals surface area contributed by atoms with Gasteiger partial charge in [0.25, 0.3) is 0 Å². The second-order valence-corrected chi connectivity index (χ2v) is 5.82. The number of benzene rings is 2. The minimum absolute atomic E-state index is 0.353. The first-order chi connectivity index (χ1) is 10.1. The van der Waals surface area contributed by atoms with E-state index in [1.54, 1.807) is 12.1 Å². The molecular formula is C18H19NO2. The molecule has 21 heavy (non-hydrogen) atoms. The predicted octanol–water partition coefficient (Wildman–Crippen LogP) is 3.58. The van der Waals surface area contributed by atoms with Crippen molar-refractivity contribution in [1.29, 1.82) is 0 Å². The van der Waals surface area contributed by atoms with Crippen molar-refractivity contribution in [3.05, 3.63) is 65.2 Å². The van der Waals surface area contributed by atoms with Crippen molar-refractivity contribution in [1.82, 2.24) is 0 Å². The highest BCUT2D eigenvalue weighted by atomic mass is 16.4. The molecule has 3 rings (SSSR count). The third-order valence-electron chi connectivity index (χ3n) is 3.98. The van der Waals surface area contributed by atoms with E-state index in [2.05, 4.69) is 36.1 Å². The van der Waals surface area contributed by atoms with Crippen molar-refractivity contribution in [2.24, 2.45) is 5.92 Å². The zero-order valence-corrected chi connectivity index (χ0v) is 12.1. The summed E-state index contributed by atoms with van der Waals surface area (Å²) in [4.78, 5) is 13.4. The Morgan fingerprint density at radius 3 is 2.86 bits per heavy atom. The molecule has 0 fully saturated rings. The van der Waals surface area contributed by atoms with Crippen LogP contribution in [0.4, 0.5) is 5.69 Å². The number of fused-ring (bicyclic) bond motifs is 1. The average Bonchev–Trinajstić information content (AvgIpc) is 2.47. The van der Waals surface area contributed by atoms with E-state index in [-0.39, 0.29) is 0 Å². The van der Waals surface area contributed by atoms with E-state index >= 15 is 0 Å². The summed E-state index contributed by atoms with van der Waals surface area (Å²) in [6.07, 6.45) is 1.11. The van der Waals surface area contributed by atoms with Crippen LogP contribution in [0.3, 0.4) is 0 Å². The molecule has 0 aliphatic carbocycles. The van der Waals surface area contributed by atoms with Crippen molar-refractivity contribution in [3.8, 4) is 0 Å². The number of hydrogen-bond donors (Lipinski definition) is 1. The van der Waals surface area contributed by atoms with Gasteiger partial charge in [-0.15, -0.1) is 0 Å². The van der Waals surface area contributed by atoms with Crippen LogP contribution in [0.2, 0.25) is 0 Å². The molecule has 1 atom stereocenters. The summed E-state index contributed by atoms with van der Waals surface area (Å²) in [5, 5.41) is 9.10. The molecule has 1 aliphatic rings. The number of rotatable bonds is 3. The molecule has 0 saturated carbocycles. The average molecular weight is 281 g/mol. The maximum absolute atomic E-state index is 11.1. The normalized spacial score (nSPS) is 17.4. The Morgan fingerprint density at radius 2 is 2.05 bits per heavy atom. The molecule has 3 heteroatoms. The summed E-state index contributed by atoms with van der Waals surface area (Å²) in [6, 6.07) is 15.7. The summed E-state index contributed by atoms with van der Waals surface area (Å²) in [7, 11) is 0. The standard InChI is InChI=1S/C18H19NO2/c1-13-9-15-6-2-3-8-17(15)19(11-13)12-14-5-4-7-16(10-14)18(20)21/h2-8,10,13H,9,11-12H2,1H3,(H,20,21). The van der Waals surface area contributed by atoms with Crippen LogP contribution in [0.25, 0.3) is 0 Å². The van der Waals surface area contributed by atoms with Gasteiger partial charge in [0.1, 0.15) is 0 Å². The number of carboxylic acids is 1. The third kappa shape index (κ3) is 2.92. The van der Waals surface area contributed by atoms with E-state index in [4.69, 9.17) is 5.11 Å². The number of hydrogen-bond acceptors (Lipinski definition) is 2. The molecule has 0 aromatic heterocycles. The zero-order valence-electron chi connectivity index (χ0n) is 12.1. The minimum atomic E-state index is -0.871. The highest BCUT2D eigenvalue weighted by molar-refractivity contribution is 5.87. The van der Waals surface area contributed by atoms with Gasteiger partial charge in [-0.2, -0.15) is 0 Å². The number of anilines is 1. The van der Waals surface area contributed by atoms with E-state index in [1.165, 1.54) is 11.3 Å². The van der Waals surface area contributed by atoms with E-state index in [0.29, 0.717) is 11.5 Å². The number of carboxylic acid groups (broad SMARTS) is 1. The molecule has 1 heterocycles. The van der Waals surface area contributed by atoms with Crippen LogP contribution in [-0.4, -0.2) is 17.6 Å². The van der Waals surface area contributed by atoms with Crippen molar-refractivity contribution in [2.75, 3.05) is 11.4 Å². The fraction of sp³-hybridized carbons (Fsp3) is 0.278. The Balaban J connectivity index is 1.88. The highest BCUT2D eigenvalue weighted by Gasteiger charge is 2.21. The van der Waals surface area contributed by atoms with Gasteiger partial charge in [0, 0.05) is 18.8 Å². The summed E-state index contributed by atoms with van der Waals surface area (Å²) in [5.41, 5.74) is 4.05. The number of aromatic carboxylic acids is 1. The summed E-state index contributed by atoms with van der Waals surface area (Å²) >= 11 is 0. The molecule has 0 spiro atoms. The summed E-state index contributed by atoms with van der Waals surface area (Å²) in [6.45, 7) is 4.02. The Morgan fingerprint density at radius 1 is 1.24 bits per heavy atom. The molecular weight excluding hydrogens is 262 g/mol. The lowest BCUT2D eigenvalue weighted by Gasteiger charge is -2.35. The molecule has 3 nitrogen and oxygen atoms in total. The predicted molar refractivity (Wildman–Crippen MR) is 83.8 cm³/mol. The van der Waals surface area contributed by atoms with Gasteiger partial charge in [0.05, 0.1) is 5.56 Å². The molecule has 2 aromatic rings. The highest BCUT2D eigenvalue weighted by Crippen LogP contribution is 2.30. The number of carbonyl (C=O) groups is 1. The largest absolute Gasteiger partial charge is 0.478 e. The van der Waals surface area contributed by atoms with Gasteiger partial charge in [0.15, 0.2) is 0 Å². The van der Waals surface area contributed by atoms with Gasteiger partial charge in [-0.3, -0.25) is 0 Å². The Bertz CT molecular complexity index is 666. The molecule has 0 amide bonds. The second kappa shape index (κ2) is 5.60. The van der Waals surface area contributed by atoms with Gasteiger partial charge in [-0.25, -0.2) is 4.79 Å². The van der Waals surface area contributed by atoms with Gasteiger partial charge in [-0.1, -0.05) is 37.3 Å². The lowest BCUT2D eigenvalue weighted by atomic mass is 9.93. The smallest absolute Gasteiger partial charge is 0.335 e. The fourth-order valence-electron chi connectivity index (χ4n) is 3.08. The van der Waals surface area contributed by atoms with Crippen LogP contribution in [0.15, 0.2) is 48.5 Å². The van der Waals surface area contributed by atoms with E-state index < -0.39 is 5.97 Å². The van der Waals surface area contributed by atoms with Crippen LogP contribution in [-0.2, 0) is 13.0 Å². The topological polar surface area (TPSA) is 40.5 Å². The fourth-order valence-corrected chi connectivity index (χ4v) is 3.08. The monoisotopic (exact) mass is 281 g/mol. The molecule has 1 unspecified atom stereocenters. The van der Waals surface area contributed by atoms with Crippen LogP contribution in [0.5, 0.6) is 0 Å². The zero-order chi connectivity index (χ0) is 14.8. The minimum Gasteiger partial charge on any atom is -0.478 e. The SMILES string of the molecule is CC1Cc2ccccc2N(Cc2cccc(C(=O)O)c2)C1. The van der Waals surface area contributed by atoms with Crippen LogP contribution >= 0.6 is 0 Å². The number of nitrogens with zero attached hydrogens (tertiary/aromatic N) is 1. The Labute approximate surface area is 124 Å². The van der Waals surface area contributed by atoms with Crippen LogP contribution in [0, 0.1) is 5.92 Å². The maximum atomic E-state index is 11.1. The van der Waals surface area contributed by atoms with Crippen molar-refractivity contribution >= 4 is 11.7 Å². The molecule has 1 aliphatic heterocycles. The van der Waals surface area contributed by atoms with Crippen LogP contribution in [0.1, 0.15) is 28.4 Å². The van der Waals surface area contributed by atoms with Crippen molar-refractivity contribution in [3.63, 3.8) is 0 Å². The quantitative estimate of drug-likeness (QED) is 0.934. The second-order valence-electron chi connectivity index (χ2n) is 5.82. The first kappa shape index (κ1) is 13.7. The van der Waals surface area contributed by atoms with Crippen molar-refractivity contribution < 1.29 is 9.90 Å². The van der Waals surface area contributed by atoms with Gasteiger partial charge in [0.2, 0.25) is 0 Å². The molecule has 2 aromatic carbocycles. The van der Waals surface area contributed by atoms with Gasteiger partial charge < -0.3 is 10.0 Å². The Kier molecular flexibility index (Phi) is 3.65. The summed E-state index contributed by atoms with van der Waals surface area (Å²) < 4.78 is 0. The van der Waals surface area contributed by atoms with E-state index in [1.807, 2.05) is 12.1 Å². The molecule has 0 radical (unpaired) electrons. The lowest BCUT2D eigenvalue weighted by Crippen LogP contribution is -2.33. The lowest BCUT2D eigenvalue weighted by molar-refractivity contribution is 0.0696. The number of para-hydroxylation sites is 1. The first-order valence-electron chi connectivity index (χ1n) is 7.28. The van der Waals surface area contributed by atoms with E-state index in [9.17, 15) is 4.79 Å². The third-order valence-corrected chi connectivity index (χ3v) is 3.98. The first-order valence-corrected chi connectivity index (χ1v) is 7.28. The molecule has 108 valence electrons. The van der Waals surface area contributed by atoms with E-state index in [0.717, 1.165) is 25.1 Å². The molecule has 0 saturated heterocycles. The molecule has 1 N–H and O–H groups in total. The summed E-state index contributed by atoms with van der Waals surface area (Å²) in [5.74, 6) is -0.258. The Hall–Kier alpha value is -2.29. The van der Waals surface area contributed by atoms with Gasteiger partial charge >= 0.3 is 5.97 Å². The van der Waals surface area contributed by atoms with Crippen LogP contribution < -0.4 is 4.90 Å². The van der Waals surface area contributed by atoms with Crippen molar-refractivity contribution in [2.45, 2.75) is 19.9 Å². The van der Waals surface area contributed by atoms with Gasteiger partial charge in [-0.05, 0) is 41.7 Å². The maximum Gasteiger partial charge on any atom is 0.335 e. The molecule has 0 bridgehead atoms.